The predicted molar refractivity (Wildman–Crippen MR) is 110 cm³/mol. The van der Waals surface area contributed by atoms with Crippen LogP contribution < -0.4 is 5.32 Å². The number of benzene rings is 1. The lowest BCUT2D eigenvalue weighted by molar-refractivity contribution is -0.121. The van der Waals surface area contributed by atoms with E-state index in [1.165, 1.54) is 11.3 Å². The van der Waals surface area contributed by atoms with Gasteiger partial charge in [0.1, 0.15) is 10.3 Å². The SMILES string of the molecule is Cc1nc(C)c(C(=O)N2CCC3(C(=O)Nc4ccccc43)C2c2cnn(C)c2)s1. The molecule has 1 fully saturated rings. The molecule has 0 saturated carbocycles. The molecule has 0 aliphatic carbocycles. The predicted octanol–water partition coefficient (Wildman–Crippen LogP) is 2.97. The van der Waals surface area contributed by atoms with Gasteiger partial charge < -0.3 is 10.2 Å². The molecule has 29 heavy (non-hydrogen) atoms. The summed E-state index contributed by atoms with van der Waals surface area (Å²) in [6.45, 7) is 4.26. The van der Waals surface area contributed by atoms with Gasteiger partial charge >= 0.3 is 0 Å². The molecule has 3 aromatic rings. The van der Waals surface area contributed by atoms with Crippen LogP contribution >= 0.6 is 11.3 Å². The number of para-hydroxylation sites is 1. The number of aryl methyl sites for hydroxylation is 3. The monoisotopic (exact) mass is 407 g/mol. The number of anilines is 1. The molecule has 2 aliphatic heterocycles. The van der Waals surface area contributed by atoms with Crippen molar-refractivity contribution in [1.82, 2.24) is 19.7 Å². The zero-order chi connectivity index (χ0) is 20.3. The number of hydrogen-bond donors (Lipinski definition) is 1. The van der Waals surface area contributed by atoms with E-state index in [0.717, 1.165) is 27.5 Å². The number of nitrogens with zero attached hydrogens (tertiary/aromatic N) is 4. The minimum Gasteiger partial charge on any atom is -0.329 e. The summed E-state index contributed by atoms with van der Waals surface area (Å²) in [7, 11) is 1.84. The second-order valence-electron chi connectivity index (χ2n) is 7.72. The summed E-state index contributed by atoms with van der Waals surface area (Å²) < 4.78 is 1.71. The van der Waals surface area contributed by atoms with Gasteiger partial charge in [0.05, 0.1) is 22.9 Å². The number of fused-ring (bicyclic) bond motifs is 2. The van der Waals surface area contributed by atoms with Gasteiger partial charge in [0, 0.05) is 31.0 Å². The Morgan fingerprint density at radius 1 is 1.31 bits per heavy atom. The number of nitrogens with one attached hydrogen (secondary N) is 1. The molecule has 5 rings (SSSR count). The van der Waals surface area contributed by atoms with Crippen LogP contribution in [0.2, 0.25) is 0 Å². The summed E-state index contributed by atoms with van der Waals surface area (Å²) in [5.74, 6) is -0.129. The molecule has 8 heteroatoms. The summed E-state index contributed by atoms with van der Waals surface area (Å²) in [6, 6.07) is 7.35. The Bertz CT molecular complexity index is 1150. The van der Waals surface area contributed by atoms with E-state index in [4.69, 9.17) is 0 Å². The fraction of sp³-hybridized carbons (Fsp3) is 0.333. The van der Waals surface area contributed by atoms with Gasteiger partial charge in [-0.05, 0) is 31.9 Å². The highest BCUT2D eigenvalue weighted by atomic mass is 32.1. The molecule has 1 aromatic carbocycles. The highest BCUT2D eigenvalue weighted by Crippen LogP contribution is 2.55. The van der Waals surface area contributed by atoms with Crippen molar-refractivity contribution in [2.75, 3.05) is 11.9 Å². The number of hydrogen-bond acceptors (Lipinski definition) is 5. The van der Waals surface area contributed by atoms with Crippen molar-refractivity contribution in [3.05, 3.63) is 63.4 Å². The van der Waals surface area contributed by atoms with Crippen LogP contribution in [-0.2, 0) is 17.3 Å². The van der Waals surface area contributed by atoms with Gasteiger partial charge in [-0.3, -0.25) is 14.3 Å². The fourth-order valence-electron chi connectivity index (χ4n) is 4.81. The Morgan fingerprint density at radius 2 is 2.10 bits per heavy atom. The number of likely N-dealkylation sites (tertiary alicyclic amines) is 1. The maximum Gasteiger partial charge on any atom is 0.266 e. The Labute approximate surface area is 172 Å². The van der Waals surface area contributed by atoms with E-state index in [1.54, 1.807) is 10.9 Å². The summed E-state index contributed by atoms with van der Waals surface area (Å²) in [4.78, 5) is 33.8. The van der Waals surface area contributed by atoms with Crippen LogP contribution in [0.5, 0.6) is 0 Å². The fourth-order valence-corrected chi connectivity index (χ4v) is 5.69. The van der Waals surface area contributed by atoms with Crippen LogP contribution in [0.1, 0.15) is 44.0 Å². The van der Waals surface area contributed by atoms with E-state index in [1.807, 2.05) is 56.3 Å². The molecule has 0 radical (unpaired) electrons. The van der Waals surface area contributed by atoms with Gasteiger partial charge in [-0.15, -0.1) is 11.3 Å². The molecule has 2 atom stereocenters. The average molecular weight is 407 g/mol. The first-order valence-corrected chi connectivity index (χ1v) is 10.4. The zero-order valence-corrected chi connectivity index (χ0v) is 17.3. The van der Waals surface area contributed by atoms with Crippen molar-refractivity contribution in [3.8, 4) is 0 Å². The van der Waals surface area contributed by atoms with Crippen molar-refractivity contribution < 1.29 is 9.59 Å². The summed E-state index contributed by atoms with van der Waals surface area (Å²) in [5, 5.41) is 8.22. The van der Waals surface area contributed by atoms with E-state index < -0.39 is 11.5 Å². The molecule has 0 bridgehead atoms. The van der Waals surface area contributed by atoms with E-state index in [-0.39, 0.29) is 11.8 Å². The molecule has 2 amide bonds. The summed E-state index contributed by atoms with van der Waals surface area (Å²) in [6.07, 6.45) is 4.23. The number of carbonyl (C=O) groups excluding carboxylic acids is 2. The quantitative estimate of drug-likeness (QED) is 0.708. The first-order chi connectivity index (χ1) is 13.9. The lowest BCUT2D eigenvalue weighted by atomic mass is 9.73. The molecular weight excluding hydrogens is 386 g/mol. The number of carbonyl (C=O) groups is 2. The average Bonchev–Trinajstić information content (AvgIpc) is 3.43. The molecule has 2 unspecified atom stereocenters. The van der Waals surface area contributed by atoms with E-state index in [2.05, 4.69) is 15.4 Å². The van der Waals surface area contributed by atoms with Gasteiger partial charge in [-0.25, -0.2) is 4.98 Å². The van der Waals surface area contributed by atoms with E-state index >= 15 is 0 Å². The third-order valence-corrected chi connectivity index (χ3v) is 7.05. The van der Waals surface area contributed by atoms with Crippen LogP contribution in [0.4, 0.5) is 5.69 Å². The van der Waals surface area contributed by atoms with Crippen LogP contribution in [0.3, 0.4) is 0 Å². The van der Waals surface area contributed by atoms with Crippen molar-refractivity contribution in [2.24, 2.45) is 7.05 Å². The van der Waals surface area contributed by atoms with Gasteiger partial charge in [0.15, 0.2) is 0 Å². The molecule has 2 aliphatic rings. The molecule has 1 spiro atoms. The van der Waals surface area contributed by atoms with E-state index in [9.17, 15) is 9.59 Å². The second-order valence-corrected chi connectivity index (χ2v) is 8.92. The summed E-state index contributed by atoms with van der Waals surface area (Å²) in [5.41, 5.74) is 2.56. The lowest BCUT2D eigenvalue weighted by Crippen LogP contribution is -2.42. The van der Waals surface area contributed by atoms with Gasteiger partial charge in [0.2, 0.25) is 5.91 Å². The maximum atomic E-state index is 13.6. The molecule has 148 valence electrons. The van der Waals surface area contributed by atoms with Crippen molar-refractivity contribution in [1.29, 1.82) is 0 Å². The minimum atomic E-state index is -0.817. The Morgan fingerprint density at radius 3 is 2.79 bits per heavy atom. The van der Waals surface area contributed by atoms with Crippen molar-refractivity contribution >= 4 is 28.8 Å². The number of aromatic nitrogens is 3. The molecule has 4 heterocycles. The third-order valence-electron chi connectivity index (χ3n) is 5.99. The number of thiazole rings is 1. The lowest BCUT2D eigenvalue weighted by Gasteiger charge is -2.33. The van der Waals surface area contributed by atoms with Gasteiger partial charge in [-0.1, -0.05) is 18.2 Å². The standard InChI is InChI=1S/C21H21N5O2S/c1-12-17(29-13(2)23-12)19(27)26-9-8-21(18(26)14-10-22-25(3)11-14)15-6-4-5-7-16(15)24-20(21)28/h4-7,10-11,18H,8-9H2,1-3H3,(H,24,28). The zero-order valence-electron chi connectivity index (χ0n) is 16.5. The molecular formula is C21H21N5O2S. The summed E-state index contributed by atoms with van der Waals surface area (Å²) >= 11 is 1.41. The van der Waals surface area contributed by atoms with Crippen LogP contribution in [-0.4, -0.2) is 38.0 Å². The Hall–Kier alpha value is -3.00. The molecule has 1 N–H and O–H groups in total. The highest BCUT2D eigenvalue weighted by Gasteiger charge is 2.59. The minimum absolute atomic E-state index is 0.0555. The van der Waals surface area contributed by atoms with Crippen LogP contribution in [0, 0.1) is 13.8 Å². The molecule has 1 saturated heterocycles. The topological polar surface area (TPSA) is 80.1 Å². The molecule has 2 aromatic heterocycles. The number of rotatable bonds is 2. The van der Waals surface area contributed by atoms with Crippen LogP contribution in [0.25, 0.3) is 0 Å². The highest BCUT2D eigenvalue weighted by molar-refractivity contribution is 7.13. The third kappa shape index (κ3) is 2.48. The number of amides is 2. The van der Waals surface area contributed by atoms with Gasteiger partial charge in [0.25, 0.3) is 5.91 Å². The first-order valence-electron chi connectivity index (χ1n) is 9.56. The first kappa shape index (κ1) is 18.1. The maximum absolute atomic E-state index is 13.6. The second kappa shape index (κ2) is 6.25. The molecule has 7 nitrogen and oxygen atoms in total. The van der Waals surface area contributed by atoms with E-state index in [0.29, 0.717) is 17.8 Å². The smallest absolute Gasteiger partial charge is 0.266 e. The van der Waals surface area contributed by atoms with Gasteiger partial charge in [-0.2, -0.15) is 5.10 Å². The van der Waals surface area contributed by atoms with Crippen molar-refractivity contribution in [3.63, 3.8) is 0 Å². The Balaban J connectivity index is 1.67. The Kier molecular flexibility index (Phi) is 3.89. The van der Waals surface area contributed by atoms with Crippen molar-refractivity contribution in [2.45, 2.75) is 31.7 Å². The largest absolute Gasteiger partial charge is 0.329 e. The normalized spacial score (nSPS) is 22.9. The van der Waals surface area contributed by atoms with Crippen LogP contribution in [0.15, 0.2) is 36.7 Å².